The zero-order valence-corrected chi connectivity index (χ0v) is 35.1. The number of para-hydroxylation sites is 1. The van der Waals surface area contributed by atoms with E-state index in [1.165, 1.54) is 0 Å². The fourth-order valence-corrected chi connectivity index (χ4v) is 9.34. The molecule has 5 aromatic rings. The minimum absolute atomic E-state index is 0.0261. The fraction of sp³-hybridized carbons (Fsp3) is 0.311. The number of amides is 6. The first kappa shape index (κ1) is 41.3. The summed E-state index contributed by atoms with van der Waals surface area (Å²) in [6, 6.07) is 20.9. The van der Waals surface area contributed by atoms with E-state index in [0.717, 1.165) is 53.3 Å². The van der Waals surface area contributed by atoms with E-state index in [4.69, 9.17) is 9.47 Å². The quantitative estimate of drug-likeness (QED) is 0.179. The molecular weight excluding hydrogens is 827 g/mol. The van der Waals surface area contributed by atoms with Crippen LogP contribution in [0.15, 0.2) is 85.2 Å². The van der Waals surface area contributed by atoms with Crippen LogP contribution >= 0.6 is 11.3 Å². The van der Waals surface area contributed by atoms with Crippen molar-refractivity contribution in [3.63, 3.8) is 0 Å². The summed E-state index contributed by atoms with van der Waals surface area (Å²) < 4.78 is 11.4. The number of benzene rings is 3. The third-order valence-electron chi connectivity index (χ3n) is 12.0. The summed E-state index contributed by atoms with van der Waals surface area (Å²) in [5.74, 6) is -1.83. The predicted molar refractivity (Wildman–Crippen MR) is 231 cm³/mol. The lowest BCUT2D eigenvalue weighted by Crippen LogP contribution is -2.54. The molecule has 0 radical (unpaired) electrons. The number of piperidine rings is 2. The minimum Gasteiger partial charge on any atom is -0.496 e. The van der Waals surface area contributed by atoms with E-state index in [9.17, 15) is 28.8 Å². The summed E-state index contributed by atoms with van der Waals surface area (Å²) in [6.07, 6.45) is 5.02. The van der Waals surface area contributed by atoms with Crippen molar-refractivity contribution < 1.29 is 38.2 Å². The van der Waals surface area contributed by atoms with Crippen LogP contribution in [0.2, 0.25) is 0 Å². The maximum absolute atomic E-state index is 13.7. The molecule has 3 saturated heterocycles. The van der Waals surface area contributed by atoms with Crippen LogP contribution in [-0.2, 0) is 16.2 Å². The van der Waals surface area contributed by atoms with Crippen molar-refractivity contribution in [2.75, 3.05) is 56.6 Å². The van der Waals surface area contributed by atoms with Crippen molar-refractivity contribution in [3.05, 3.63) is 113 Å². The Morgan fingerprint density at radius 3 is 2.35 bits per heavy atom. The number of fused-ring (bicyclic) bond motifs is 1. The van der Waals surface area contributed by atoms with Crippen molar-refractivity contribution in [2.24, 2.45) is 0 Å². The summed E-state index contributed by atoms with van der Waals surface area (Å²) in [5, 5.41) is 13.8. The molecule has 18 heteroatoms. The second-order valence-electron chi connectivity index (χ2n) is 15.6. The summed E-state index contributed by atoms with van der Waals surface area (Å²) in [4.78, 5) is 89.8. The smallest absolute Gasteiger partial charge is 0.296 e. The Balaban J connectivity index is 0.736. The molecule has 4 aliphatic heterocycles. The highest BCUT2D eigenvalue weighted by Gasteiger charge is 2.46. The molecule has 9 rings (SSSR count). The van der Waals surface area contributed by atoms with Gasteiger partial charge in [-0.25, -0.2) is 0 Å². The second-order valence-corrected chi connectivity index (χ2v) is 16.6. The van der Waals surface area contributed by atoms with E-state index >= 15 is 0 Å². The number of anilines is 2. The first-order valence-corrected chi connectivity index (χ1v) is 21.6. The number of ether oxygens (including phenoxy) is 2. The molecule has 1 unspecified atom stereocenters. The molecular formula is C45H43N9O8S. The number of aromatic nitrogens is 3. The first-order valence-electron chi connectivity index (χ1n) is 20.7. The Kier molecular flexibility index (Phi) is 11.6. The van der Waals surface area contributed by atoms with Gasteiger partial charge >= 0.3 is 0 Å². The first-order chi connectivity index (χ1) is 30.7. The molecule has 322 valence electrons. The van der Waals surface area contributed by atoms with Crippen LogP contribution in [0.4, 0.5) is 10.8 Å². The van der Waals surface area contributed by atoms with E-state index in [1.54, 1.807) is 49.8 Å². The summed E-state index contributed by atoms with van der Waals surface area (Å²) in [5.41, 5.74) is 4.45. The number of nitrogens with one attached hydrogen (secondary N) is 2. The zero-order valence-electron chi connectivity index (χ0n) is 34.3. The number of hydrogen-bond donors (Lipinski definition) is 2. The molecule has 6 heterocycles. The van der Waals surface area contributed by atoms with Gasteiger partial charge in [0.25, 0.3) is 28.8 Å². The second kappa shape index (κ2) is 17.7. The maximum Gasteiger partial charge on any atom is 0.296 e. The third-order valence-corrected chi connectivity index (χ3v) is 12.8. The van der Waals surface area contributed by atoms with Gasteiger partial charge in [-0.2, -0.15) is 0 Å². The van der Waals surface area contributed by atoms with Gasteiger partial charge in [0.2, 0.25) is 16.9 Å². The highest BCUT2D eigenvalue weighted by atomic mass is 32.1. The highest BCUT2D eigenvalue weighted by Crippen LogP contribution is 2.36. The van der Waals surface area contributed by atoms with Crippen molar-refractivity contribution >= 4 is 57.6 Å². The van der Waals surface area contributed by atoms with Crippen LogP contribution in [-0.4, -0.2) is 124 Å². The molecule has 0 saturated carbocycles. The van der Waals surface area contributed by atoms with Gasteiger partial charge in [-0.15, -0.1) is 5.10 Å². The number of methoxy groups -OCH3 is 1. The minimum atomic E-state index is -1.01. The van der Waals surface area contributed by atoms with E-state index in [2.05, 4.69) is 35.6 Å². The predicted octanol–water partition coefficient (Wildman–Crippen LogP) is 4.27. The number of carbonyl (C=O) groups excluding carboxylic acids is 6. The SMILES string of the molecule is COc1ccccc1-c1cnccc1C(=O)Nc1nnc(OCc2ccc(C(=O)N3CCC(N4CCN(c5cccc6c5C(=O)N(C5CCC(=O)NC5=O)C6=O)CC4)CC3)cc2)s1. The lowest BCUT2D eigenvalue weighted by atomic mass is 10.0. The standard InChI is InChI=1S/C45H43N9O8S/c1-61-36-8-3-2-5-30(36)33-25-46-18-15-31(33)39(56)48-44-49-50-45(63-44)62-26-27-9-11-28(12-10-27)41(58)53-19-16-29(17-20-53)51-21-23-52(24-22-51)34-7-4-6-32-38(34)43(60)54(42(32)59)35-13-14-37(55)47-40(35)57/h2-12,15,18,25,29,35H,13-14,16-17,19-24,26H2,1H3,(H,47,55,57)(H,48,49,56). The van der Waals surface area contributed by atoms with Gasteiger partial charge < -0.3 is 19.3 Å². The molecule has 2 aromatic heterocycles. The molecule has 3 aromatic carbocycles. The maximum atomic E-state index is 13.7. The van der Waals surface area contributed by atoms with Gasteiger partial charge in [0.05, 0.1) is 29.5 Å². The molecule has 3 fully saturated rings. The Hall–Kier alpha value is -7.05. The van der Waals surface area contributed by atoms with Gasteiger partial charge in [-0.05, 0) is 72.6 Å². The third kappa shape index (κ3) is 8.34. The fourth-order valence-electron chi connectivity index (χ4n) is 8.75. The number of imide groups is 2. The molecule has 17 nitrogen and oxygen atoms in total. The normalized spacial score (nSPS) is 18.3. The Bertz CT molecular complexity index is 2600. The zero-order chi connectivity index (χ0) is 43.6. The number of nitrogens with zero attached hydrogens (tertiary/aromatic N) is 7. The molecule has 0 spiro atoms. The van der Waals surface area contributed by atoms with E-state index in [0.29, 0.717) is 65.9 Å². The van der Waals surface area contributed by atoms with Crippen LogP contribution < -0.4 is 25.0 Å². The molecule has 6 amide bonds. The molecule has 63 heavy (non-hydrogen) atoms. The van der Waals surface area contributed by atoms with Gasteiger partial charge in [0.1, 0.15) is 18.4 Å². The number of hydrogen-bond acceptors (Lipinski definition) is 14. The average Bonchev–Trinajstić information content (AvgIpc) is 3.88. The summed E-state index contributed by atoms with van der Waals surface area (Å²) >= 11 is 1.10. The molecule has 0 aliphatic carbocycles. The lowest BCUT2D eigenvalue weighted by Gasteiger charge is -2.43. The lowest BCUT2D eigenvalue weighted by molar-refractivity contribution is -0.136. The number of pyridine rings is 1. The number of piperazine rings is 1. The molecule has 1 atom stereocenters. The average molecular weight is 870 g/mol. The topological polar surface area (TPSA) is 197 Å². The van der Waals surface area contributed by atoms with Crippen LogP contribution in [0.5, 0.6) is 10.9 Å². The van der Waals surface area contributed by atoms with Crippen molar-refractivity contribution in [3.8, 4) is 22.1 Å². The van der Waals surface area contributed by atoms with Gasteiger partial charge in [0, 0.05) is 80.8 Å². The van der Waals surface area contributed by atoms with Crippen molar-refractivity contribution in [1.82, 2.24) is 35.2 Å². The molecule has 2 N–H and O–H groups in total. The molecule has 0 bridgehead atoms. The Morgan fingerprint density at radius 1 is 0.825 bits per heavy atom. The molecule has 4 aliphatic rings. The van der Waals surface area contributed by atoms with Crippen LogP contribution in [0, 0.1) is 0 Å². The van der Waals surface area contributed by atoms with Crippen LogP contribution in [0.1, 0.15) is 72.7 Å². The van der Waals surface area contributed by atoms with Gasteiger partial charge in [-0.3, -0.25) is 54.2 Å². The van der Waals surface area contributed by atoms with Crippen LogP contribution in [0.3, 0.4) is 0 Å². The van der Waals surface area contributed by atoms with Crippen molar-refractivity contribution in [1.29, 1.82) is 0 Å². The number of likely N-dealkylation sites (tertiary alicyclic amines) is 1. The van der Waals surface area contributed by atoms with Gasteiger partial charge in [-0.1, -0.05) is 41.5 Å². The Labute approximate surface area is 366 Å². The van der Waals surface area contributed by atoms with Crippen LogP contribution in [0.25, 0.3) is 11.1 Å². The van der Waals surface area contributed by atoms with E-state index < -0.39 is 29.7 Å². The monoisotopic (exact) mass is 869 g/mol. The number of rotatable bonds is 11. The largest absolute Gasteiger partial charge is 0.496 e. The number of carbonyl (C=O) groups is 6. The van der Waals surface area contributed by atoms with E-state index in [1.807, 2.05) is 47.4 Å². The highest BCUT2D eigenvalue weighted by molar-refractivity contribution is 7.17. The van der Waals surface area contributed by atoms with Gasteiger partial charge in [0.15, 0.2) is 0 Å². The van der Waals surface area contributed by atoms with Crippen molar-refractivity contribution in [2.45, 2.75) is 44.4 Å². The summed E-state index contributed by atoms with van der Waals surface area (Å²) in [6.45, 7) is 4.28. The van der Waals surface area contributed by atoms with E-state index in [-0.39, 0.29) is 47.2 Å². The summed E-state index contributed by atoms with van der Waals surface area (Å²) in [7, 11) is 1.57. The Morgan fingerprint density at radius 2 is 1.59 bits per heavy atom.